The Hall–Kier alpha value is -1.33. The van der Waals surface area contributed by atoms with E-state index in [9.17, 15) is 0 Å². The average Bonchev–Trinajstić information content (AvgIpc) is 2.76. The van der Waals surface area contributed by atoms with Gasteiger partial charge in [0.1, 0.15) is 17.6 Å². The van der Waals surface area contributed by atoms with Crippen LogP contribution in [0.3, 0.4) is 0 Å². The van der Waals surface area contributed by atoms with Crippen LogP contribution >= 0.6 is 0 Å². The van der Waals surface area contributed by atoms with Gasteiger partial charge in [-0.05, 0) is 6.08 Å². The van der Waals surface area contributed by atoms with E-state index in [2.05, 4.69) is 15.4 Å². The second-order valence-corrected chi connectivity index (χ2v) is 2.82. The summed E-state index contributed by atoms with van der Waals surface area (Å²) < 4.78 is 5.39. The monoisotopic (exact) mass is 180 g/mol. The van der Waals surface area contributed by atoms with Gasteiger partial charge in [0.05, 0.1) is 6.61 Å². The molecule has 2 heterocycles. The Kier molecular flexibility index (Phi) is 2.29. The molecule has 5 nitrogen and oxygen atoms in total. The molecule has 0 saturated carbocycles. The Morgan fingerprint density at radius 3 is 3.15 bits per heavy atom. The van der Waals surface area contributed by atoms with E-state index in [1.54, 1.807) is 12.4 Å². The quantitative estimate of drug-likeness (QED) is 0.459. The molecule has 0 amide bonds. The Morgan fingerprint density at radius 1 is 1.69 bits per heavy atom. The van der Waals surface area contributed by atoms with Gasteiger partial charge in [-0.1, -0.05) is 0 Å². The average molecular weight is 180 g/mol. The number of H-pyrrole nitrogens is 1. The molecule has 2 rings (SSSR count). The van der Waals surface area contributed by atoms with E-state index >= 15 is 0 Å². The van der Waals surface area contributed by atoms with Crippen molar-refractivity contribution >= 4 is 0 Å². The van der Waals surface area contributed by atoms with Crippen LogP contribution in [0.4, 0.5) is 0 Å². The minimum Gasteiger partial charge on any atom is -0.496 e. The topological polar surface area (TPSA) is 76.0 Å². The highest BCUT2D eigenvalue weighted by Crippen LogP contribution is 2.22. The SMILES string of the molecule is NNC(C1=CCCO1)c1ncc[nH]1. The van der Waals surface area contributed by atoms with Crippen molar-refractivity contribution in [3.05, 3.63) is 30.1 Å². The molecule has 0 saturated heterocycles. The first-order valence-electron chi connectivity index (χ1n) is 4.20. The number of hydrazine groups is 1. The van der Waals surface area contributed by atoms with Crippen LogP contribution in [0.25, 0.3) is 0 Å². The Labute approximate surface area is 76.0 Å². The smallest absolute Gasteiger partial charge is 0.136 e. The molecule has 0 aromatic carbocycles. The summed E-state index contributed by atoms with van der Waals surface area (Å²) in [7, 11) is 0. The van der Waals surface area contributed by atoms with Crippen molar-refractivity contribution in [2.75, 3.05) is 6.61 Å². The van der Waals surface area contributed by atoms with Crippen molar-refractivity contribution in [3.8, 4) is 0 Å². The third-order valence-electron chi connectivity index (χ3n) is 1.98. The molecule has 13 heavy (non-hydrogen) atoms. The Morgan fingerprint density at radius 2 is 2.62 bits per heavy atom. The predicted molar refractivity (Wildman–Crippen MR) is 47.3 cm³/mol. The molecule has 0 aliphatic carbocycles. The van der Waals surface area contributed by atoms with Gasteiger partial charge in [0, 0.05) is 18.8 Å². The van der Waals surface area contributed by atoms with E-state index in [4.69, 9.17) is 10.6 Å². The summed E-state index contributed by atoms with van der Waals surface area (Å²) in [4.78, 5) is 7.10. The Bertz CT molecular complexity index is 293. The van der Waals surface area contributed by atoms with Crippen LogP contribution in [0.1, 0.15) is 18.3 Å². The largest absolute Gasteiger partial charge is 0.496 e. The first-order valence-corrected chi connectivity index (χ1v) is 4.20. The lowest BCUT2D eigenvalue weighted by Crippen LogP contribution is -2.30. The van der Waals surface area contributed by atoms with E-state index in [0.29, 0.717) is 0 Å². The van der Waals surface area contributed by atoms with Gasteiger partial charge in [-0.3, -0.25) is 5.84 Å². The minimum absolute atomic E-state index is 0.155. The van der Waals surface area contributed by atoms with Crippen LogP contribution in [0, 0.1) is 0 Å². The van der Waals surface area contributed by atoms with Crippen molar-refractivity contribution in [2.45, 2.75) is 12.5 Å². The van der Waals surface area contributed by atoms with Gasteiger partial charge in [0.15, 0.2) is 0 Å². The van der Waals surface area contributed by atoms with E-state index in [1.165, 1.54) is 0 Å². The normalized spacial score (nSPS) is 18.1. The van der Waals surface area contributed by atoms with Crippen molar-refractivity contribution in [1.82, 2.24) is 15.4 Å². The summed E-state index contributed by atoms with van der Waals surface area (Å²) in [5, 5.41) is 0. The number of hydrogen-bond donors (Lipinski definition) is 3. The lowest BCUT2D eigenvalue weighted by Gasteiger charge is -2.14. The van der Waals surface area contributed by atoms with E-state index in [1.807, 2.05) is 6.08 Å². The van der Waals surface area contributed by atoms with Crippen LogP contribution in [-0.4, -0.2) is 16.6 Å². The zero-order chi connectivity index (χ0) is 9.10. The maximum absolute atomic E-state index is 5.41. The number of nitrogens with two attached hydrogens (primary N) is 1. The van der Waals surface area contributed by atoms with Crippen LogP contribution in [0.2, 0.25) is 0 Å². The molecular formula is C8H12N4O. The zero-order valence-electron chi connectivity index (χ0n) is 7.16. The summed E-state index contributed by atoms with van der Waals surface area (Å²) in [6, 6.07) is -0.155. The third-order valence-corrected chi connectivity index (χ3v) is 1.98. The molecule has 1 unspecified atom stereocenters. The lowest BCUT2D eigenvalue weighted by atomic mass is 10.2. The molecule has 1 atom stereocenters. The third kappa shape index (κ3) is 1.56. The van der Waals surface area contributed by atoms with Crippen molar-refractivity contribution < 1.29 is 4.74 Å². The minimum atomic E-state index is -0.155. The molecular weight excluding hydrogens is 168 g/mol. The summed E-state index contributed by atoms with van der Waals surface area (Å²) in [6.45, 7) is 0.730. The number of nitrogens with one attached hydrogen (secondary N) is 2. The number of aromatic nitrogens is 2. The van der Waals surface area contributed by atoms with Crippen LogP contribution in [0.15, 0.2) is 24.2 Å². The molecule has 1 aromatic rings. The summed E-state index contributed by atoms with van der Waals surface area (Å²) in [5.74, 6) is 7.03. The standard InChI is InChI=1S/C8H12N4O/c9-12-7(6-2-1-5-13-6)8-10-3-4-11-8/h2-4,7,12H,1,5,9H2,(H,10,11). The van der Waals surface area contributed by atoms with Crippen molar-refractivity contribution in [3.63, 3.8) is 0 Å². The highest BCUT2D eigenvalue weighted by Gasteiger charge is 2.21. The second-order valence-electron chi connectivity index (χ2n) is 2.82. The molecule has 0 bridgehead atoms. The first kappa shape index (κ1) is 8.28. The highest BCUT2D eigenvalue weighted by molar-refractivity contribution is 5.14. The lowest BCUT2D eigenvalue weighted by molar-refractivity contribution is 0.213. The van der Waals surface area contributed by atoms with Crippen LogP contribution < -0.4 is 11.3 Å². The number of aromatic amines is 1. The maximum atomic E-state index is 5.41. The first-order chi connectivity index (χ1) is 6.42. The number of ether oxygens (including phenoxy) is 1. The summed E-state index contributed by atoms with van der Waals surface area (Å²) in [5.41, 5.74) is 2.66. The van der Waals surface area contributed by atoms with Gasteiger partial charge >= 0.3 is 0 Å². The Balaban J connectivity index is 2.18. The van der Waals surface area contributed by atoms with Crippen LogP contribution in [-0.2, 0) is 4.74 Å². The van der Waals surface area contributed by atoms with Gasteiger partial charge in [-0.2, -0.15) is 0 Å². The molecule has 1 aliphatic rings. The zero-order valence-corrected chi connectivity index (χ0v) is 7.16. The summed E-state index contributed by atoms with van der Waals surface area (Å²) in [6.07, 6.45) is 6.41. The maximum Gasteiger partial charge on any atom is 0.136 e. The van der Waals surface area contributed by atoms with E-state index < -0.39 is 0 Å². The van der Waals surface area contributed by atoms with Gasteiger partial charge < -0.3 is 9.72 Å². The molecule has 0 fully saturated rings. The number of hydrogen-bond acceptors (Lipinski definition) is 4. The molecule has 0 spiro atoms. The molecule has 5 heteroatoms. The number of imidazole rings is 1. The second kappa shape index (κ2) is 3.59. The number of rotatable bonds is 3. The summed E-state index contributed by atoms with van der Waals surface area (Å²) >= 11 is 0. The van der Waals surface area contributed by atoms with Gasteiger partial charge in [0.2, 0.25) is 0 Å². The van der Waals surface area contributed by atoms with E-state index in [-0.39, 0.29) is 6.04 Å². The fourth-order valence-corrected chi connectivity index (χ4v) is 1.37. The molecule has 70 valence electrons. The van der Waals surface area contributed by atoms with Crippen molar-refractivity contribution in [1.29, 1.82) is 0 Å². The fourth-order valence-electron chi connectivity index (χ4n) is 1.37. The van der Waals surface area contributed by atoms with Gasteiger partial charge in [0.25, 0.3) is 0 Å². The van der Waals surface area contributed by atoms with Crippen molar-refractivity contribution in [2.24, 2.45) is 5.84 Å². The number of nitrogens with zero attached hydrogens (tertiary/aromatic N) is 1. The van der Waals surface area contributed by atoms with Crippen LogP contribution in [0.5, 0.6) is 0 Å². The van der Waals surface area contributed by atoms with Gasteiger partial charge in [-0.25, -0.2) is 10.4 Å². The molecule has 0 radical (unpaired) electrons. The highest BCUT2D eigenvalue weighted by atomic mass is 16.5. The molecule has 1 aromatic heterocycles. The molecule has 1 aliphatic heterocycles. The fraction of sp³-hybridized carbons (Fsp3) is 0.375. The molecule has 4 N–H and O–H groups in total. The predicted octanol–water partition coefficient (Wildman–Crippen LogP) is 0.218. The van der Waals surface area contributed by atoms with Gasteiger partial charge in [-0.15, -0.1) is 0 Å². The van der Waals surface area contributed by atoms with E-state index in [0.717, 1.165) is 24.6 Å².